The van der Waals surface area contributed by atoms with E-state index in [2.05, 4.69) is 30.3 Å². The topological polar surface area (TPSA) is 39.2 Å². The minimum absolute atomic E-state index is 0.534. The summed E-state index contributed by atoms with van der Waals surface area (Å²) in [6, 6.07) is 14.6. The molecule has 1 aromatic heterocycles. The van der Waals surface area contributed by atoms with E-state index in [1.165, 1.54) is 5.56 Å². The first-order valence-electron chi connectivity index (χ1n) is 6.17. The Bertz CT molecular complexity index is 408. The van der Waals surface area contributed by atoms with Gasteiger partial charge in [0.2, 0.25) is 0 Å². The van der Waals surface area contributed by atoms with E-state index in [1.807, 2.05) is 12.1 Å². The van der Waals surface area contributed by atoms with E-state index < -0.39 is 0 Å². The van der Waals surface area contributed by atoms with Crippen molar-refractivity contribution in [3.63, 3.8) is 0 Å². The van der Waals surface area contributed by atoms with Crippen LogP contribution in [0.5, 0.6) is 0 Å². The number of benzene rings is 1. The molecule has 0 amide bonds. The predicted molar refractivity (Wildman–Crippen MR) is 69.9 cm³/mol. The zero-order chi connectivity index (χ0) is 11.9. The van der Waals surface area contributed by atoms with E-state index in [0.29, 0.717) is 5.92 Å². The number of nitrogens with two attached hydrogens (primary N) is 1. The van der Waals surface area contributed by atoms with E-state index in [4.69, 9.17) is 10.2 Å². The lowest BCUT2D eigenvalue weighted by atomic mass is 9.91. The first-order chi connectivity index (χ1) is 8.40. The molecule has 2 rings (SSSR count). The molecule has 1 atom stereocenters. The second-order valence-corrected chi connectivity index (χ2v) is 4.30. The molecule has 2 nitrogen and oxygen atoms in total. The third-order valence-corrected chi connectivity index (χ3v) is 3.11. The first kappa shape index (κ1) is 11.9. The summed E-state index contributed by atoms with van der Waals surface area (Å²) >= 11 is 0. The molecule has 90 valence electrons. The van der Waals surface area contributed by atoms with E-state index in [1.54, 1.807) is 6.26 Å². The van der Waals surface area contributed by atoms with E-state index >= 15 is 0 Å². The maximum absolute atomic E-state index is 5.69. The van der Waals surface area contributed by atoms with Crippen molar-refractivity contribution in [1.82, 2.24) is 0 Å². The smallest absolute Gasteiger partial charge is 0.103 e. The van der Waals surface area contributed by atoms with Crippen molar-refractivity contribution in [2.75, 3.05) is 6.54 Å². The molecule has 0 aliphatic heterocycles. The Morgan fingerprint density at radius 2 is 1.82 bits per heavy atom. The third kappa shape index (κ3) is 3.46. The SMILES string of the molecule is NCCC(CCc1ccco1)c1ccccc1. The predicted octanol–water partition coefficient (Wildman–Crippen LogP) is 3.34. The van der Waals surface area contributed by atoms with Gasteiger partial charge in [-0.05, 0) is 43.0 Å². The molecular weight excluding hydrogens is 210 g/mol. The second-order valence-electron chi connectivity index (χ2n) is 4.30. The normalized spacial score (nSPS) is 12.5. The van der Waals surface area contributed by atoms with Gasteiger partial charge in [0, 0.05) is 6.42 Å². The van der Waals surface area contributed by atoms with E-state index in [0.717, 1.165) is 31.6 Å². The Kier molecular flexibility index (Phi) is 4.39. The summed E-state index contributed by atoms with van der Waals surface area (Å²) in [5.41, 5.74) is 7.07. The van der Waals surface area contributed by atoms with Crippen LogP contribution in [0.1, 0.15) is 30.1 Å². The average Bonchev–Trinajstić information content (AvgIpc) is 2.88. The fourth-order valence-electron chi connectivity index (χ4n) is 2.18. The van der Waals surface area contributed by atoms with Crippen LogP contribution < -0.4 is 5.73 Å². The Morgan fingerprint density at radius 1 is 1.00 bits per heavy atom. The van der Waals surface area contributed by atoms with Crippen molar-refractivity contribution in [3.8, 4) is 0 Å². The van der Waals surface area contributed by atoms with Gasteiger partial charge in [-0.2, -0.15) is 0 Å². The zero-order valence-electron chi connectivity index (χ0n) is 10.0. The molecule has 0 bridgehead atoms. The highest BCUT2D eigenvalue weighted by Gasteiger charge is 2.11. The van der Waals surface area contributed by atoms with Gasteiger partial charge in [-0.25, -0.2) is 0 Å². The van der Waals surface area contributed by atoms with E-state index in [-0.39, 0.29) is 0 Å². The lowest BCUT2D eigenvalue weighted by molar-refractivity contribution is 0.479. The molecule has 0 radical (unpaired) electrons. The van der Waals surface area contributed by atoms with Crippen LogP contribution in [-0.4, -0.2) is 6.54 Å². The van der Waals surface area contributed by atoms with Crippen LogP contribution in [0.4, 0.5) is 0 Å². The largest absolute Gasteiger partial charge is 0.469 e. The molecule has 1 unspecified atom stereocenters. The maximum Gasteiger partial charge on any atom is 0.103 e. The maximum atomic E-state index is 5.69. The van der Waals surface area contributed by atoms with Gasteiger partial charge in [-0.3, -0.25) is 0 Å². The molecule has 17 heavy (non-hydrogen) atoms. The van der Waals surface area contributed by atoms with Gasteiger partial charge in [0.15, 0.2) is 0 Å². The monoisotopic (exact) mass is 229 g/mol. The fourth-order valence-corrected chi connectivity index (χ4v) is 2.18. The number of rotatable bonds is 6. The fraction of sp³-hybridized carbons (Fsp3) is 0.333. The average molecular weight is 229 g/mol. The summed E-state index contributed by atoms with van der Waals surface area (Å²) in [6.45, 7) is 0.734. The minimum Gasteiger partial charge on any atom is -0.469 e. The highest BCUT2D eigenvalue weighted by atomic mass is 16.3. The molecule has 1 heterocycles. The van der Waals surface area contributed by atoms with Crippen LogP contribution in [0.25, 0.3) is 0 Å². The van der Waals surface area contributed by atoms with Crippen molar-refractivity contribution < 1.29 is 4.42 Å². The minimum atomic E-state index is 0.534. The molecule has 2 N–H and O–H groups in total. The van der Waals surface area contributed by atoms with E-state index in [9.17, 15) is 0 Å². The van der Waals surface area contributed by atoms with Gasteiger partial charge in [-0.1, -0.05) is 30.3 Å². The third-order valence-electron chi connectivity index (χ3n) is 3.11. The molecule has 0 saturated carbocycles. The Balaban J connectivity index is 1.98. The lowest BCUT2D eigenvalue weighted by Crippen LogP contribution is -2.08. The molecule has 0 fully saturated rings. The Labute approximate surface area is 102 Å². The summed E-state index contributed by atoms with van der Waals surface area (Å²) < 4.78 is 5.37. The Morgan fingerprint density at radius 3 is 2.47 bits per heavy atom. The summed E-state index contributed by atoms with van der Waals surface area (Å²) in [5.74, 6) is 1.59. The van der Waals surface area contributed by atoms with Gasteiger partial charge in [-0.15, -0.1) is 0 Å². The summed E-state index contributed by atoms with van der Waals surface area (Å²) in [7, 11) is 0. The van der Waals surface area contributed by atoms with Crippen LogP contribution in [0, 0.1) is 0 Å². The molecule has 0 spiro atoms. The number of hydrogen-bond donors (Lipinski definition) is 1. The van der Waals surface area contributed by atoms with Crippen LogP contribution in [0.2, 0.25) is 0 Å². The summed E-state index contributed by atoms with van der Waals surface area (Å²) in [6.07, 6.45) is 4.84. The second kappa shape index (κ2) is 6.26. The lowest BCUT2D eigenvalue weighted by Gasteiger charge is -2.15. The number of furan rings is 1. The quantitative estimate of drug-likeness (QED) is 0.825. The highest BCUT2D eigenvalue weighted by Crippen LogP contribution is 2.24. The summed E-state index contributed by atoms with van der Waals surface area (Å²) in [5, 5.41) is 0. The molecule has 0 saturated heterocycles. The highest BCUT2D eigenvalue weighted by molar-refractivity contribution is 5.19. The van der Waals surface area contributed by atoms with Crippen molar-refractivity contribution in [2.45, 2.75) is 25.2 Å². The number of aryl methyl sites for hydroxylation is 1. The molecule has 0 aliphatic carbocycles. The molecule has 2 aromatic rings. The van der Waals surface area contributed by atoms with Crippen molar-refractivity contribution >= 4 is 0 Å². The molecule has 0 aliphatic rings. The van der Waals surface area contributed by atoms with Crippen LogP contribution >= 0.6 is 0 Å². The van der Waals surface area contributed by atoms with Gasteiger partial charge in [0.1, 0.15) is 5.76 Å². The van der Waals surface area contributed by atoms with Crippen molar-refractivity contribution in [1.29, 1.82) is 0 Å². The van der Waals surface area contributed by atoms with Crippen LogP contribution in [0.15, 0.2) is 53.1 Å². The molecule has 2 heteroatoms. The van der Waals surface area contributed by atoms with Crippen molar-refractivity contribution in [3.05, 3.63) is 60.1 Å². The van der Waals surface area contributed by atoms with Crippen LogP contribution in [0.3, 0.4) is 0 Å². The molecular formula is C15H19NO. The summed E-state index contributed by atoms with van der Waals surface area (Å²) in [4.78, 5) is 0. The van der Waals surface area contributed by atoms with Gasteiger partial charge >= 0.3 is 0 Å². The molecule has 1 aromatic carbocycles. The number of hydrogen-bond acceptors (Lipinski definition) is 2. The first-order valence-corrected chi connectivity index (χ1v) is 6.17. The van der Waals surface area contributed by atoms with Crippen LogP contribution in [-0.2, 0) is 6.42 Å². The van der Waals surface area contributed by atoms with Gasteiger partial charge in [0.05, 0.1) is 6.26 Å². The van der Waals surface area contributed by atoms with Crippen molar-refractivity contribution in [2.24, 2.45) is 5.73 Å². The van der Waals surface area contributed by atoms with Gasteiger partial charge in [0.25, 0.3) is 0 Å². The van der Waals surface area contributed by atoms with Gasteiger partial charge < -0.3 is 10.2 Å². The Hall–Kier alpha value is -1.54. The standard InChI is InChI=1S/C15H19NO/c16-11-10-14(13-5-2-1-3-6-13)8-9-15-7-4-12-17-15/h1-7,12,14H,8-11,16H2. The zero-order valence-corrected chi connectivity index (χ0v) is 10.0.